The number of aryl methyl sites for hydroxylation is 1. The summed E-state index contributed by atoms with van der Waals surface area (Å²) in [5.74, 6) is 0.991. The highest BCUT2D eigenvalue weighted by molar-refractivity contribution is 5.79. The summed E-state index contributed by atoms with van der Waals surface area (Å²) in [6.45, 7) is 6.56. The number of ether oxygens (including phenoxy) is 1. The number of anilines is 6. The molecule has 2 aromatic carbocycles. The molecule has 3 aromatic rings. The van der Waals surface area contributed by atoms with Gasteiger partial charge in [-0.1, -0.05) is 0 Å². The lowest BCUT2D eigenvalue weighted by molar-refractivity contribution is 0.0790. The van der Waals surface area contributed by atoms with Gasteiger partial charge in [-0.2, -0.15) is 4.98 Å². The molecule has 0 radical (unpaired) electrons. The number of aromatic nitrogens is 2. The van der Waals surface area contributed by atoms with Crippen LogP contribution in [0.15, 0.2) is 36.5 Å². The van der Waals surface area contributed by atoms with Crippen molar-refractivity contribution < 1.29 is 14.2 Å². The zero-order valence-corrected chi connectivity index (χ0v) is 22.0. The number of nitrogens with one attached hydrogen (secondary N) is 2. The van der Waals surface area contributed by atoms with E-state index in [1.807, 2.05) is 27.2 Å². The fourth-order valence-electron chi connectivity index (χ4n) is 3.69. The molecule has 0 atom stereocenters. The maximum absolute atomic E-state index is 14.2. The van der Waals surface area contributed by atoms with Gasteiger partial charge in [-0.25, -0.2) is 9.37 Å². The van der Waals surface area contributed by atoms with Gasteiger partial charge in [-0.15, -0.1) is 0 Å². The Morgan fingerprint density at radius 3 is 2.44 bits per heavy atom. The number of nitrogens with zero attached hydrogens (tertiary/aromatic N) is 4. The van der Waals surface area contributed by atoms with E-state index in [0.29, 0.717) is 45.7 Å². The fraction of sp³-hybridized carbons (Fsp3) is 0.385. The van der Waals surface area contributed by atoms with Gasteiger partial charge in [0.15, 0.2) is 0 Å². The van der Waals surface area contributed by atoms with Crippen molar-refractivity contribution in [1.29, 1.82) is 0 Å². The number of methoxy groups -OCH3 is 1. The second kappa shape index (κ2) is 11.0. The van der Waals surface area contributed by atoms with Crippen LogP contribution in [-0.2, 0) is 5.60 Å². The first-order chi connectivity index (χ1) is 16.9. The van der Waals surface area contributed by atoms with Crippen LogP contribution in [0.1, 0.15) is 25.0 Å². The topological polar surface area (TPSA) is 112 Å². The van der Waals surface area contributed by atoms with Gasteiger partial charge in [-0.05, 0) is 64.7 Å². The number of hydrogen-bond donors (Lipinski definition) is 4. The number of likely N-dealkylation sites (N-methyl/N-ethyl adjacent to an activating group) is 2. The summed E-state index contributed by atoms with van der Waals surface area (Å²) in [7, 11) is 7.63. The van der Waals surface area contributed by atoms with Crippen LogP contribution in [0.2, 0.25) is 0 Å². The first-order valence-corrected chi connectivity index (χ1v) is 11.6. The molecule has 0 saturated carbocycles. The van der Waals surface area contributed by atoms with E-state index < -0.39 is 5.60 Å². The summed E-state index contributed by atoms with van der Waals surface area (Å²) in [5, 5.41) is 16.9. The van der Waals surface area contributed by atoms with Crippen molar-refractivity contribution in [2.75, 3.05) is 62.6 Å². The minimum absolute atomic E-state index is 0.315. The van der Waals surface area contributed by atoms with Crippen LogP contribution in [0.4, 0.5) is 38.9 Å². The lowest BCUT2D eigenvalue weighted by Crippen LogP contribution is -2.29. The minimum atomic E-state index is -1.25. The summed E-state index contributed by atoms with van der Waals surface area (Å²) in [4.78, 5) is 13.0. The molecule has 0 amide bonds. The Morgan fingerprint density at radius 2 is 1.81 bits per heavy atom. The van der Waals surface area contributed by atoms with Gasteiger partial charge in [0.2, 0.25) is 5.95 Å². The number of aliphatic hydroxyl groups is 1. The van der Waals surface area contributed by atoms with E-state index in [1.165, 1.54) is 6.07 Å². The SMILES string of the molecule is COc1cc(N(C)CCN(C)C)c(N)cc1Nc1nccc(Nc2cc(C)c(F)cc2C(C)(C)O)n1. The van der Waals surface area contributed by atoms with Gasteiger partial charge in [0.05, 0.1) is 29.8 Å². The normalized spacial score (nSPS) is 11.5. The van der Waals surface area contributed by atoms with Crippen molar-refractivity contribution in [3.63, 3.8) is 0 Å². The van der Waals surface area contributed by atoms with E-state index in [1.54, 1.807) is 52.3 Å². The standard InChI is InChI=1S/C26H36FN7O2/c1-16-12-20(17(13-18(16)27)26(2,3)35)30-24-8-9-29-25(32-24)31-21-14-19(28)22(15-23(21)36-7)34(6)11-10-33(4)5/h8-9,12-15,35H,10-11,28H2,1-7H3,(H2,29,30,31,32). The quantitative estimate of drug-likeness (QED) is 0.306. The van der Waals surface area contributed by atoms with Gasteiger partial charge in [0.1, 0.15) is 17.4 Å². The molecule has 0 spiro atoms. The number of benzene rings is 2. The van der Waals surface area contributed by atoms with Crippen LogP contribution in [0.25, 0.3) is 0 Å². The van der Waals surface area contributed by atoms with Crippen LogP contribution in [0.3, 0.4) is 0 Å². The highest BCUT2D eigenvalue weighted by atomic mass is 19.1. The predicted molar refractivity (Wildman–Crippen MR) is 144 cm³/mol. The molecule has 0 aliphatic carbocycles. The number of nitrogens with two attached hydrogens (primary N) is 1. The summed E-state index contributed by atoms with van der Waals surface area (Å²) in [5.41, 5.74) is 8.60. The van der Waals surface area contributed by atoms with Crippen LogP contribution < -0.4 is 26.0 Å². The molecule has 9 nitrogen and oxygen atoms in total. The van der Waals surface area contributed by atoms with Crippen LogP contribution >= 0.6 is 0 Å². The number of halogens is 1. The minimum Gasteiger partial charge on any atom is -0.494 e. The van der Waals surface area contributed by atoms with Crippen molar-refractivity contribution >= 4 is 34.5 Å². The average molecular weight is 498 g/mol. The molecule has 5 N–H and O–H groups in total. The molecule has 0 unspecified atom stereocenters. The third-order valence-electron chi connectivity index (χ3n) is 5.77. The number of rotatable bonds is 10. The first-order valence-electron chi connectivity index (χ1n) is 11.6. The summed E-state index contributed by atoms with van der Waals surface area (Å²) in [6, 6.07) is 8.34. The summed E-state index contributed by atoms with van der Waals surface area (Å²) < 4.78 is 19.8. The second-order valence-electron chi connectivity index (χ2n) is 9.56. The monoisotopic (exact) mass is 497 g/mol. The highest BCUT2D eigenvalue weighted by Crippen LogP contribution is 2.36. The summed E-state index contributed by atoms with van der Waals surface area (Å²) in [6.07, 6.45) is 1.59. The summed E-state index contributed by atoms with van der Waals surface area (Å²) >= 11 is 0. The van der Waals surface area contributed by atoms with Crippen molar-refractivity contribution in [3.8, 4) is 5.75 Å². The van der Waals surface area contributed by atoms with Crippen LogP contribution in [0.5, 0.6) is 5.75 Å². The average Bonchev–Trinajstić information content (AvgIpc) is 2.79. The molecule has 1 aromatic heterocycles. The third-order valence-corrected chi connectivity index (χ3v) is 5.77. The van der Waals surface area contributed by atoms with Crippen molar-refractivity contribution in [2.45, 2.75) is 26.4 Å². The molecule has 0 bridgehead atoms. The molecule has 36 heavy (non-hydrogen) atoms. The molecular formula is C26H36FN7O2. The third kappa shape index (κ3) is 6.52. The lowest BCUT2D eigenvalue weighted by Gasteiger charge is -2.24. The Kier molecular flexibility index (Phi) is 8.21. The van der Waals surface area contributed by atoms with Crippen molar-refractivity contribution in [2.24, 2.45) is 0 Å². The predicted octanol–water partition coefficient (Wildman–Crippen LogP) is 4.23. The zero-order chi connectivity index (χ0) is 26.6. The van der Waals surface area contributed by atoms with Crippen molar-refractivity contribution in [1.82, 2.24) is 14.9 Å². The van der Waals surface area contributed by atoms with E-state index in [2.05, 4.69) is 30.4 Å². The number of nitrogen functional groups attached to an aromatic ring is 1. The van der Waals surface area contributed by atoms with Crippen LogP contribution in [-0.4, -0.2) is 61.3 Å². The Balaban J connectivity index is 1.87. The van der Waals surface area contributed by atoms with Crippen LogP contribution in [0, 0.1) is 12.7 Å². The van der Waals surface area contributed by atoms with E-state index >= 15 is 0 Å². The largest absolute Gasteiger partial charge is 0.494 e. The van der Waals surface area contributed by atoms with E-state index in [4.69, 9.17) is 10.5 Å². The molecule has 3 rings (SSSR count). The van der Waals surface area contributed by atoms with Gasteiger partial charge < -0.3 is 36.0 Å². The maximum atomic E-state index is 14.2. The molecule has 10 heteroatoms. The highest BCUT2D eigenvalue weighted by Gasteiger charge is 2.22. The fourth-order valence-corrected chi connectivity index (χ4v) is 3.69. The van der Waals surface area contributed by atoms with Gasteiger partial charge >= 0.3 is 0 Å². The van der Waals surface area contributed by atoms with Gasteiger partial charge in [-0.3, -0.25) is 0 Å². The molecular weight excluding hydrogens is 461 g/mol. The van der Waals surface area contributed by atoms with E-state index in [-0.39, 0.29) is 5.82 Å². The Hall–Kier alpha value is -3.63. The van der Waals surface area contributed by atoms with Gasteiger partial charge in [0.25, 0.3) is 0 Å². The number of hydrogen-bond acceptors (Lipinski definition) is 9. The lowest BCUT2D eigenvalue weighted by atomic mass is 9.95. The molecule has 1 heterocycles. The van der Waals surface area contributed by atoms with Crippen molar-refractivity contribution in [3.05, 3.63) is 53.5 Å². The second-order valence-corrected chi connectivity index (χ2v) is 9.56. The molecule has 0 fully saturated rings. The smallest absolute Gasteiger partial charge is 0.229 e. The molecule has 0 aliphatic rings. The molecule has 194 valence electrons. The van der Waals surface area contributed by atoms with E-state index in [9.17, 15) is 9.50 Å². The molecule has 0 saturated heterocycles. The van der Waals surface area contributed by atoms with E-state index in [0.717, 1.165) is 18.8 Å². The Labute approximate surface area is 212 Å². The maximum Gasteiger partial charge on any atom is 0.229 e. The Morgan fingerprint density at radius 1 is 1.08 bits per heavy atom. The first kappa shape index (κ1) is 27.0. The molecule has 0 aliphatic heterocycles. The Bertz CT molecular complexity index is 1210. The van der Waals surface area contributed by atoms with Gasteiger partial charge in [0, 0.05) is 43.7 Å². The zero-order valence-electron chi connectivity index (χ0n) is 22.0.